The zero-order valence-electron chi connectivity index (χ0n) is 13.4. The smallest absolute Gasteiger partial charge is 0.394 e. The van der Waals surface area contributed by atoms with Crippen molar-refractivity contribution in [2.45, 2.75) is 33.2 Å². The maximum Gasteiger partial charge on any atom is 0.394 e. The van der Waals surface area contributed by atoms with Gasteiger partial charge in [-0.3, -0.25) is 9.11 Å². The minimum Gasteiger partial charge on any atom is -1.00 e. The lowest BCUT2D eigenvalue weighted by Crippen LogP contribution is -3.00. The Hall–Kier alpha value is -1.81. The normalized spacial score (nSPS) is 10.3. The van der Waals surface area contributed by atoms with Gasteiger partial charge in [-0.2, -0.15) is 13.0 Å². The Morgan fingerprint density at radius 3 is 2.42 bits per heavy atom. The Morgan fingerprint density at radius 2 is 1.92 bits per heavy atom. The summed E-state index contributed by atoms with van der Waals surface area (Å²) in [4.78, 5) is 8.69. The first kappa shape index (κ1) is 22.2. The fourth-order valence-corrected chi connectivity index (χ4v) is 1.85. The van der Waals surface area contributed by atoms with Crippen molar-refractivity contribution in [2.24, 2.45) is 0 Å². The number of nitrogens with zero attached hydrogens (tertiary/aromatic N) is 3. The van der Waals surface area contributed by atoms with Gasteiger partial charge < -0.3 is 18.1 Å². The molecule has 24 heavy (non-hydrogen) atoms. The molecule has 0 unspecified atom stereocenters. The van der Waals surface area contributed by atoms with Crippen LogP contribution in [0.25, 0.3) is 0 Å². The van der Waals surface area contributed by atoms with E-state index in [1.807, 2.05) is 24.5 Å². The number of aromatic nitrogens is 3. The van der Waals surface area contributed by atoms with Crippen molar-refractivity contribution in [3.8, 4) is 0 Å². The fraction of sp³-hybridized carbons (Fsp3) is 0.357. The van der Waals surface area contributed by atoms with Crippen LogP contribution in [-0.2, 0) is 23.4 Å². The molecule has 2 rings (SSSR count). The molecular formula is C14H21ClN4O4S. The Morgan fingerprint density at radius 1 is 1.29 bits per heavy atom. The molecule has 0 aliphatic carbocycles. The second-order valence-corrected chi connectivity index (χ2v) is 5.76. The van der Waals surface area contributed by atoms with Crippen molar-refractivity contribution in [1.82, 2.24) is 9.97 Å². The first-order chi connectivity index (χ1) is 10.7. The van der Waals surface area contributed by atoms with Gasteiger partial charge in [0.15, 0.2) is 18.4 Å². The summed E-state index contributed by atoms with van der Waals surface area (Å²) in [6.07, 6.45) is 5.79. The number of rotatable bonds is 4. The maximum atomic E-state index is 8.74. The molecule has 0 aliphatic heterocycles. The lowest BCUT2D eigenvalue weighted by Gasteiger charge is -2.05. The molecule has 0 radical (unpaired) electrons. The predicted molar refractivity (Wildman–Crippen MR) is 85.1 cm³/mol. The van der Waals surface area contributed by atoms with Crippen LogP contribution in [0.2, 0.25) is 0 Å². The van der Waals surface area contributed by atoms with E-state index in [0.717, 1.165) is 24.2 Å². The van der Waals surface area contributed by atoms with Crippen molar-refractivity contribution in [2.75, 3.05) is 5.73 Å². The largest absolute Gasteiger partial charge is 1.00 e. The van der Waals surface area contributed by atoms with Gasteiger partial charge in [-0.15, -0.1) is 0 Å². The zero-order chi connectivity index (χ0) is 17.5. The first-order valence-electron chi connectivity index (χ1n) is 6.96. The second-order valence-electron chi connectivity index (χ2n) is 4.86. The minimum absolute atomic E-state index is 0. The number of halogens is 1. The Labute approximate surface area is 147 Å². The van der Waals surface area contributed by atoms with Gasteiger partial charge in [0, 0.05) is 31.7 Å². The summed E-state index contributed by atoms with van der Waals surface area (Å²) in [7, 11) is -4.67. The van der Waals surface area contributed by atoms with Gasteiger partial charge in [0.1, 0.15) is 11.6 Å². The van der Waals surface area contributed by atoms with E-state index in [0.29, 0.717) is 12.4 Å². The first-order valence-corrected chi connectivity index (χ1v) is 8.35. The van der Waals surface area contributed by atoms with E-state index in [1.54, 1.807) is 0 Å². The molecule has 0 atom stereocenters. The number of anilines is 1. The molecule has 0 bridgehead atoms. The third-order valence-corrected chi connectivity index (χ3v) is 2.93. The van der Waals surface area contributed by atoms with Crippen LogP contribution >= 0.6 is 0 Å². The van der Waals surface area contributed by atoms with Gasteiger partial charge in [-0.05, 0) is 6.42 Å². The molecule has 134 valence electrons. The van der Waals surface area contributed by atoms with E-state index >= 15 is 0 Å². The highest BCUT2D eigenvalue weighted by Crippen LogP contribution is 2.08. The van der Waals surface area contributed by atoms with E-state index in [-0.39, 0.29) is 12.4 Å². The highest BCUT2D eigenvalue weighted by atomic mass is 35.5. The summed E-state index contributed by atoms with van der Waals surface area (Å²) in [5.74, 6) is 1.41. The highest BCUT2D eigenvalue weighted by Gasteiger charge is 2.11. The molecule has 0 aromatic carbocycles. The SMILES string of the molecule is CCCc1ncc(C[n+]2ccccc2C)c(N)n1.O=S(=O)(O)O.[Cl-]. The summed E-state index contributed by atoms with van der Waals surface area (Å²) in [6.45, 7) is 4.89. The molecule has 8 nitrogen and oxygen atoms in total. The lowest BCUT2D eigenvalue weighted by molar-refractivity contribution is -0.694. The van der Waals surface area contributed by atoms with Crippen molar-refractivity contribution >= 4 is 16.2 Å². The summed E-state index contributed by atoms with van der Waals surface area (Å²) in [5, 5.41) is 0. The standard InChI is InChI=1S/C14H19N4.ClH.H2O4S/c1-3-6-13-16-9-12(14(15)17-13)10-18-8-5-4-7-11(18)2;;1-5(2,3)4/h4-5,7-9H,3,6,10H2,1-2H3,(H2,15,16,17);1H;(H2,1,2,3,4)/q+1;;/p-1. The minimum atomic E-state index is -4.67. The summed E-state index contributed by atoms with van der Waals surface area (Å²) >= 11 is 0. The van der Waals surface area contributed by atoms with Crippen LogP contribution in [-0.4, -0.2) is 27.5 Å². The Bertz CT molecular complexity index is 748. The van der Waals surface area contributed by atoms with E-state index in [9.17, 15) is 0 Å². The monoisotopic (exact) mass is 376 g/mol. The van der Waals surface area contributed by atoms with Crippen molar-refractivity contribution in [1.29, 1.82) is 0 Å². The fourth-order valence-electron chi connectivity index (χ4n) is 1.85. The third-order valence-electron chi connectivity index (χ3n) is 2.93. The molecule has 2 aromatic heterocycles. The van der Waals surface area contributed by atoms with Gasteiger partial charge in [0.2, 0.25) is 0 Å². The van der Waals surface area contributed by atoms with Crippen LogP contribution in [0.1, 0.15) is 30.4 Å². The average Bonchev–Trinajstić information content (AvgIpc) is 2.42. The molecule has 10 heteroatoms. The van der Waals surface area contributed by atoms with Crippen LogP contribution < -0.4 is 22.7 Å². The van der Waals surface area contributed by atoms with Crippen molar-refractivity contribution < 1.29 is 34.5 Å². The van der Waals surface area contributed by atoms with E-state index in [4.69, 9.17) is 23.3 Å². The zero-order valence-corrected chi connectivity index (χ0v) is 15.0. The van der Waals surface area contributed by atoms with Crippen molar-refractivity contribution in [3.05, 3.63) is 47.7 Å². The highest BCUT2D eigenvalue weighted by molar-refractivity contribution is 7.79. The van der Waals surface area contributed by atoms with Gasteiger partial charge in [-0.25, -0.2) is 9.97 Å². The van der Waals surface area contributed by atoms with Crippen molar-refractivity contribution in [3.63, 3.8) is 0 Å². The summed E-state index contributed by atoms with van der Waals surface area (Å²) in [5.41, 5.74) is 8.14. The lowest BCUT2D eigenvalue weighted by atomic mass is 10.2. The van der Waals surface area contributed by atoms with Gasteiger partial charge in [-0.1, -0.05) is 13.0 Å². The Kier molecular flexibility index (Phi) is 9.37. The van der Waals surface area contributed by atoms with Gasteiger partial charge in [0.05, 0.1) is 5.56 Å². The molecule has 0 saturated heterocycles. The molecule has 0 amide bonds. The van der Waals surface area contributed by atoms with Crippen LogP contribution in [0.4, 0.5) is 5.82 Å². The summed E-state index contributed by atoms with van der Waals surface area (Å²) in [6, 6.07) is 6.11. The molecule has 2 heterocycles. The topological polar surface area (TPSA) is 130 Å². The molecular weight excluding hydrogens is 356 g/mol. The predicted octanol–water partition coefficient (Wildman–Crippen LogP) is -1.99. The molecule has 0 fully saturated rings. The van der Waals surface area contributed by atoms with E-state index in [2.05, 4.69) is 34.4 Å². The van der Waals surface area contributed by atoms with E-state index in [1.165, 1.54) is 5.69 Å². The molecule has 0 aliphatic rings. The number of nitrogens with two attached hydrogens (primary N) is 1. The number of aryl methyl sites for hydroxylation is 2. The number of hydrogen-bond acceptors (Lipinski definition) is 5. The molecule has 2 aromatic rings. The van der Waals surface area contributed by atoms with Crippen LogP contribution in [0.15, 0.2) is 30.6 Å². The van der Waals surface area contributed by atoms with E-state index < -0.39 is 10.4 Å². The number of hydrogen-bond donors (Lipinski definition) is 3. The third kappa shape index (κ3) is 8.73. The molecule has 0 spiro atoms. The Balaban J connectivity index is 0.000000777. The summed E-state index contributed by atoms with van der Waals surface area (Å²) < 4.78 is 33.7. The quantitative estimate of drug-likeness (QED) is 0.416. The molecule has 4 N–H and O–H groups in total. The maximum absolute atomic E-state index is 8.74. The van der Waals surface area contributed by atoms with Crippen LogP contribution in [0.5, 0.6) is 0 Å². The van der Waals surface area contributed by atoms with Crippen LogP contribution in [0.3, 0.4) is 0 Å². The number of pyridine rings is 1. The second kappa shape index (κ2) is 10.1. The van der Waals surface area contributed by atoms with Gasteiger partial charge >= 0.3 is 10.4 Å². The molecule has 0 saturated carbocycles. The van der Waals surface area contributed by atoms with Gasteiger partial charge in [0.25, 0.3) is 0 Å². The number of nitrogen functional groups attached to an aromatic ring is 1. The van der Waals surface area contributed by atoms with Crippen LogP contribution in [0, 0.1) is 6.92 Å². The average molecular weight is 377 g/mol.